The lowest BCUT2D eigenvalue weighted by Gasteiger charge is -2.02. The predicted octanol–water partition coefficient (Wildman–Crippen LogP) is 0.823. The Hall–Kier alpha value is -1.91. The summed E-state index contributed by atoms with van der Waals surface area (Å²) in [6.45, 7) is 1.92. The highest BCUT2D eigenvalue weighted by molar-refractivity contribution is 6.43. The van der Waals surface area contributed by atoms with E-state index in [1.54, 1.807) is 19.1 Å². The van der Waals surface area contributed by atoms with Gasteiger partial charge in [-0.3, -0.25) is 4.98 Å². The van der Waals surface area contributed by atoms with Gasteiger partial charge in [-0.15, -0.1) is 0 Å². The van der Waals surface area contributed by atoms with Crippen molar-refractivity contribution in [2.45, 2.75) is 6.92 Å². The van der Waals surface area contributed by atoms with E-state index in [1.807, 2.05) is 0 Å². The topological polar surface area (TPSA) is 71.8 Å². The minimum absolute atomic E-state index is 0.116. The number of hydrogen-bond donors (Lipinski definition) is 1. The van der Waals surface area contributed by atoms with Gasteiger partial charge in [-0.2, -0.15) is 0 Å². The van der Waals surface area contributed by atoms with Crippen LogP contribution in [0.25, 0.3) is 0 Å². The molecule has 0 aliphatic carbocycles. The fraction of sp³-hybridized carbons (Fsp3) is 0.222. The molecule has 14 heavy (non-hydrogen) atoms. The lowest BCUT2D eigenvalue weighted by Crippen LogP contribution is -2.18. The van der Waals surface area contributed by atoms with E-state index in [9.17, 15) is 4.79 Å². The van der Waals surface area contributed by atoms with Gasteiger partial charge in [-0.1, -0.05) is 5.16 Å². The van der Waals surface area contributed by atoms with Crippen molar-refractivity contribution in [2.24, 2.45) is 5.16 Å². The average molecular weight is 194 g/mol. The van der Waals surface area contributed by atoms with Gasteiger partial charge in [-0.05, 0) is 19.1 Å². The molecule has 74 valence electrons. The number of carbonyl (C=O) groups is 1. The summed E-state index contributed by atoms with van der Waals surface area (Å²) in [5.41, 5.74) is 0.357. The third-order valence-electron chi connectivity index (χ3n) is 1.52. The second-order valence-electron chi connectivity index (χ2n) is 2.40. The van der Waals surface area contributed by atoms with Crippen LogP contribution in [0.3, 0.4) is 0 Å². The van der Waals surface area contributed by atoms with Gasteiger partial charge < -0.3 is 9.94 Å². The minimum Gasteiger partial charge on any atom is -0.461 e. The van der Waals surface area contributed by atoms with E-state index < -0.39 is 5.97 Å². The monoisotopic (exact) mass is 194 g/mol. The summed E-state index contributed by atoms with van der Waals surface area (Å²) < 4.78 is 4.70. The number of ether oxygens (including phenoxy) is 1. The number of aromatic nitrogens is 1. The van der Waals surface area contributed by atoms with E-state index in [2.05, 4.69) is 10.1 Å². The van der Waals surface area contributed by atoms with Crippen LogP contribution >= 0.6 is 0 Å². The molecular weight excluding hydrogens is 184 g/mol. The van der Waals surface area contributed by atoms with E-state index >= 15 is 0 Å². The molecule has 0 saturated heterocycles. The molecule has 1 aromatic heterocycles. The van der Waals surface area contributed by atoms with Crippen molar-refractivity contribution >= 4 is 11.7 Å². The largest absolute Gasteiger partial charge is 0.461 e. The summed E-state index contributed by atoms with van der Waals surface area (Å²) in [5.74, 6) is -0.652. The number of carbonyl (C=O) groups excluding carboxylic acids is 1. The third-order valence-corrected chi connectivity index (χ3v) is 1.52. The van der Waals surface area contributed by atoms with Crippen LogP contribution in [0.4, 0.5) is 0 Å². The molecular formula is C9H10N2O3. The highest BCUT2D eigenvalue weighted by atomic mass is 16.5. The molecule has 0 radical (unpaired) electrons. The second kappa shape index (κ2) is 4.96. The molecule has 0 aliphatic heterocycles. The van der Waals surface area contributed by atoms with E-state index in [-0.39, 0.29) is 12.3 Å². The molecule has 0 saturated carbocycles. The van der Waals surface area contributed by atoms with Crippen molar-refractivity contribution in [1.29, 1.82) is 0 Å². The fourth-order valence-electron chi connectivity index (χ4n) is 0.926. The number of esters is 1. The number of rotatable bonds is 3. The quantitative estimate of drug-likeness (QED) is 0.334. The first kappa shape index (κ1) is 10.2. The Morgan fingerprint density at radius 2 is 2.21 bits per heavy atom. The molecule has 0 spiro atoms. The number of nitrogens with zero attached hydrogens (tertiary/aromatic N) is 2. The van der Waals surface area contributed by atoms with Crippen molar-refractivity contribution in [1.82, 2.24) is 4.98 Å². The lowest BCUT2D eigenvalue weighted by atomic mass is 10.2. The summed E-state index contributed by atoms with van der Waals surface area (Å²) >= 11 is 0. The second-order valence-corrected chi connectivity index (χ2v) is 2.40. The molecule has 0 fully saturated rings. The van der Waals surface area contributed by atoms with Crippen LogP contribution in [-0.2, 0) is 9.53 Å². The first-order valence-electron chi connectivity index (χ1n) is 4.09. The summed E-state index contributed by atoms with van der Waals surface area (Å²) in [6, 6.07) is 3.12. The van der Waals surface area contributed by atoms with Crippen molar-refractivity contribution in [3.05, 3.63) is 30.1 Å². The Morgan fingerprint density at radius 1 is 1.57 bits per heavy atom. The van der Waals surface area contributed by atoms with E-state index in [4.69, 9.17) is 9.94 Å². The Bertz CT molecular complexity index is 335. The maximum absolute atomic E-state index is 11.2. The lowest BCUT2D eigenvalue weighted by molar-refractivity contribution is -0.135. The summed E-state index contributed by atoms with van der Waals surface area (Å²) in [7, 11) is 0. The average Bonchev–Trinajstić information content (AvgIpc) is 2.21. The van der Waals surface area contributed by atoms with E-state index in [1.165, 1.54) is 12.4 Å². The predicted molar refractivity (Wildman–Crippen MR) is 49.2 cm³/mol. The van der Waals surface area contributed by atoms with Gasteiger partial charge in [-0.25, -0.2) is 4.79 Å². The molecule has 5 nitrogen and oxygen atoms in total. The Kier molecular flexibility index (Phi) is 3.60. The fourth-order valence-corrected chi connectivity index (χ4v) is 0.926. The van der Waals surface area contributed by atoms with Crippen LogP contribution in [0, 0.1) is 0 Å². The number of hydrogen-bond acceptors (Lipinski definition) is 5. The highest BCUT2D eigenvalue weighted by Gasteiger charge is 2.15. The zero-order valence-electron chi connectivity index (χ0n) is 7.67. The first-order chi connectivity index (χ1) is 6.79. The Labute approximate surface area is 81.0 Å². The van der Waals surface area contributed by atoms with Crippen LogP contribution in [0.15, 0.2) is 29.7 Å². The van der Waals surface area contributed by atoms with Gasteiger partial charge in [0.05, 0.1) is 6.61 Å². The van der Waals surface area contributed by atoms with Gasteiger partial charge in [0.25, 0.3) is 0 Å². The van der Waals surface area contributed by atoms with Crippen molar-refractivity contribution in [3.8, 4) is 0 Å². The molecule has 5 heteroatoms. The van der Waals surface area contributed by atoms with Crippen LogP contribution in [0.2, 0.25) is 0 Å². The van der Waals surface area contributed by atoms with Crippen molar-refractivity contribution < 1.29 is 14.7 Å². The van der Waals surface area contributed by atoms with Gasteiger partial charge in [0.1, 0.15) is 0 Å². The van der Waals surface area contributed by atoms with Gasteiger partial charge in [0.2, 0.25) is 0 Å². The Morgan fingerprint density at radius 3 is 2.71 bits per heavy atom. The van der Waals surface area contributed by atoms with Gasteiger partial charge in [0.15, 0.2) is 5.71 Å². The van der Waals surface area contributed by atoms with Crippen LogP contribution < -0.4 is 0 Å². The molecule has 0 unspecified atom stereocenters. The van der Waals surface area contributed by atoms with E-state index in [0.717, 1.165) is 0 Å². The van der Waals surface area contributed by atoms with Gasteiger partial charge in [0, 0.05) is 18.0 Å². The van der Waals surface area contributed by atoms with Crippen LogP contribution in [0.5, 0.6) is 0 Å². The van der Waals surface area contributed by atoms with Crippen molar-refractivity contribution in [3.63, 3.8) is 0 Å². The minimum atomic E-state index is -0.652. The normalized spacial score (nSPS) is 11.1. The molecule has 1 aromatic rings. The smallest absolute Gasteiger partial charge is 0.361 e. The zero-order valence-corrected chi connectivity index (χ0v) is 7.67. The maximum Gasteiger partial charge on any atom is 0.361 e. The number of pyridine rings is 1. The first-order valence-corrected chi connectivity index (χ1v) is 4.09. The van der Waals surface area contributed by atoms with Gasteiger partial charge >= 0.3 is 5.97 Å². The summed E-state index contributed by atoms with van der Waals surface area (Å²) in [6.07, 6.45) is 3.00. The molecule has 1 N–H and O–H groups in total. The molecule has 0 atom stereocenters. The summed E-state index contributed by atoms with van der Waals surface area (Å²) in [5, 5.41) is 11.5. The standard InChI is InChI=1S/C9H10N2O3/c1-2-14-9(12)8(11-13)7-3-5-10-6-4-7/h3-6,13H,2H2,1H3. The molecule has 1 heterocycles. The molecule has 0 bridgehead atoms. The Balaban J connectivity index is 2.89. The highest BCUT2D eigenvalue weighted by Crippen LogP contribution is 2.01. The van der Waals surface area contributed by atoms with Crippen molar-refractivity contribution in [2.75, 3.05) is 6.61 Å². The molecule has 0 aromatic carbocycles. The number of oxime groups is 1. The SMILES string of the molecule is CCOC(=O)C(=NO)c1ccncc1. The molecule has 1 rings (SSSR count). The maximum atomic E-state index is 11.2. The zero-order chi connectivity index (χ0) is 10.4. The molecule has 0 amide bonds. The van der Waals surface area contributed by atoms with Crippen LogP contribution in [0.1, 0.15) is 12.5 Å². The summed E-state index contributed by atoms with van der Waals surface area (Å²) in [4.78, 5) is 15.0. The van der Waals surface area contributed by atoms with E-state index in [0.29, 0.717) is 5.56 Å². The molecule has 0 aliphatic rings. The van der Waals surface area contributed by atoms with Crippen LogP contribution in [-0.4, -0.2) is 28.5 Å². The third kappa shape index (κ3) is 2.29.